The fourth-order valence-corrected chi connectivity index (χ4v) is 4.56. The lowest BCUT2D eigenvalue weighted by Gasteiger charge is -2.33. The quantitative estimate of drug-likeness (QED) is 0.868. The summed E-state index contributed by atoms with van der Waals surface area (Å²) in [5, 5.41) is 2.99. The van der Waals surface area contributed by atoms with Crippen LogP contribution in [0.2, 0.25) is 0 Å². The fraction of sp³-hybridized carbons (Fsp3) is 0.400. The second-order valence-electron chi connectivity index (χ2n) is 7.28. The van der Waals surface area contributed by atoms with E-state index in [2.05, 4.69) is 15.3 Å². The van der Waals surface area contributed by atoms with Crippen molar-refractivity contribution in [3.8, 4) is 0 Å². The van der Waals surface area contributed by atoms with Crippen molar-refractivity contribution in [2.75, 3.05) is 11.9 Å². The van der Waals surface area contributed by atoms with Crippen LogP contribution in [-0.2, 0) is 10.2 Å². The molecule has 2 atom stereocenters. The smallest absolute Gasteiger partial charge is 0.333 e. The summed E-state index contributed by atoms with van der Waals surface area (Å²) in [4.78, 5) is 46.0. The Morgan fingerprint density at radius 2 is 2.11 bits per heavy atom. The Bertz CT molecular complexity index is 983. The highest BCUT2D eigenvalue weighted by molar-refractivity contribution is 6.08. The van der Waals surface area contributed by atoms with E-state index in [-0.39, 0.29) is 23.6 Å². The number of carbonyl (C=O) groups excluding carboxylic acids is 2. The van der Waals surface area contributed by atoms with Crippen molar-refractivity contribution >= 4 is 17.5 Å². The standard InChI is InChI=1S/C20H22N4O3/c1-3-6-16-20(13-7-4-5-8-14(13)22-18(20)26)9-10-24(16)17(25)15-11-12(2)21-19(27)23-15/h4-5,7-8,11,16H,3,6,9-10H2,1-2H3,(H,22,26)(H,21,23,27)/t16-,20+/m0/s1. The summed E-state index contributed by atoms with van der Waals surface area (Å²) in [6.07, 6.45) is 2.11. The molecule has 4 rings (SSSR count). The van der Waals surface area contributed by atoms with Crippen LogP contribution in [0.25, 0.3) is 0 Å². The van der Waals surface area contributed by atoms with Crippen LogP contribution in [0.3, 0.4) is 0 Å². The monoisotopic (exact) mass is 366 g/mol. The van der Waals surface area contributed by atoms with Crippen LogP contribution < -0.4 is 11.0 Å². The highest BCUT2D eigenvalue weighted by Crippen LogP contribution is 2.49. The summed E-state index contributed by atoms with van der Waals surface area (Å²) in [5.74, 6) is -0.343. The SMILES string of the molecule is CCC[C@@H]1N(C(=O)c2cc(C)[nH]c(=O)n2)CC[C@]12C(=O)Nc1ccccc12. The number of aryl methyl sites for hydroxylation is 1. The normalized spacial score (nSPS) is 23.6. The molecular formula is C20H22N4O3. The van der Waals surface area contributed by atoms with E-state index in [1.165, 1.54) is 0 Å². The number of carbonyl (C=O) groups is 2. The number of hydrogen-bond acceptors (Lipinski definition) is 4. The summed E-state index contributed by atoms with van der Waals surface area (Å²) < 4.78 is 0. The van der Waals surface area contributed by atoms with Gasteiger partial charge in [-0.1, -0.05) is 31.5 Å². The van der Waals surface area contributed by atoms with Crippen LogP contribution in [0.5, 0.6) is 0 Å². The molecule has 1 aromatic heterocycles. The van der Waals surface area contributed by atoms with Crippen molar-refractivity contribution in [1.82, 2.24) is 14.9 Å². The molecule has 7 heteroatoms. The first kappa shape index (κ1) is 17.5. The van der Waals surface area contributed by atoms with Gasteiger partial charge < -0.3 is 15.2 Å². The number of amides is 2. The zero-order valence-corrected chi connectivity index (χ0v) is 15.4. The summed E-state index contributed by atoms with van der Waals surface area (Å²) in [7, 11) is 0. The molecule has 27 heavy (non-hydrogen) atoms. The maximum Gasteiger partial charge on any atom is 0.345 e. The predicted octanol–water partition coefficient (Wildman–Crippen LogP) is 1.98. The molecule has 7 nitrogen and oxygen atoms in total. The number of fused-ring (bicyclic) bond motifs is 2. The fourth-order valence-electron chi connectivity index (χ4n) is 4.56. The van der Waals surface area contributed by atoms with Gasteiger partial charge in [0.1, 0.15) is 5.69 Å². The van der Waals surface area contributed by atoms with E-state index >= 15 is 0 Å². The van der Waals surface area contributed by atoms with Crippen LogP contribution in [0.4, 0.5) is 5.69 Å². The Hall–Kier alpha value is -2.96. The number of nitrogens with zero attached hydrogens (tertiary/aromatic N) is 2. The second-order valence-corrected chi connectivity index (χ2v) is 7.28. The highest BCUT2D eigenvalue weighted by Gasteiger charge is 2.58. The maximum atomic E-state index is 13.2. The molecule has 1 aromatic carbocycles. The third-order valence-corrected chi connectivity index (χ3v) is 5.67. The van der Waals surface area contributed by atoms with Crippen molar-refractivity contribution in [3.05, 3.63) is 57.8 Å². The molecule has 2 amide bonds. The first-order chi connectivity index (χ1) is 13.0. The summed E-state index contributed by atoms with van der Waals surface area (Å²) in [6.45, 7) is 4.22. The van der Waals surface area contributed by atoms with Gasteiger partial charge in [0.15, 0.2) is 0 Å². The Balaban J connectivity index is 1.77. The average Bonchev–Trinajstić information content (AvgIpc) is 3.14. The van der Waals surface area contributed by atoms with Crippen molar-refractivity contribution < 1.29 is 9.59 Å². The molecule has 2 N–H and O–H groups in total. The Labute approximate surface area is 156 Å². The Kier molecular flexibility index (Phi) is 4.09. The van der Waals surface area contributed by atoms with Crippen LogP contribution >= 0.6 is 0 Å². The number of H-pyrrole nitrogens is 1. The van der Waals surface area contributed by atoms with Crippen LogP contribution in [0.15, 0.2) is 35.1 Å². The minimum Gasteiger partial charge on any atom is -0.333 e. The molecule has 3 heterocycles. The molecule has 0 bridgehead atoms. The van der Waals surface area contributed by atoms with E-state index in [1.54, 1.807) is 17.9 Å². The molecule has 2 aliphatic heterocycles. The number of nitrogens with one attached hydrogen (secondary N) is 2. The van der Waals surface area contributed by atoms with E-state index in [9.17, 15) is 14.4 Å². The summed E-state index contributed by atoms with van der Waals surface area (Å²) in [5.41, 5.74) is 1.22. The summed E-state index contributed by atoms with van der Waals surface area (Å²) >= 11 is 0. The number of anilines is 1. The number of rotatable bonds is 3. The van der Waals surface area contributed by atoms with Gasteiger partial charge in [-0.25, -0.2) is 4.79 Å². The van der Waals surface area contributed by atoms with Crippen LogP contribution in [-0.4, -0.2) is 39.3 Å². The van der Waals surface area contributed by atoms with Crippen molar-refractivity contribution in [2.45, 2.75) is 44.6 Å². The molecule has 0 aliphatic carbocycles. The average molecular weight is 366 g/mol. The van der Waals surface area contributed by atoms with Crippen molar-refractivity contribution in [3.63, 3.8) is 0 Å². The maximum absolute atomic E-state index is 13.2. The molecule has 140 valence electrons. The minimum absolute atomic E-state index is 0.0486. The third kappa shape index (κ3) is 2.57. The van der Waals surface area contributed by atoms with Crippen molar-refractivity contribution in [2.24, 2.45) is 0 Å². The van der Waals surface area contributed by atoms with Gasteiger partial charge >= 0.3 is 5.69 Å². The van der Waals surface area contributed by atoms with Crippen molar-refractivity contribution in [1.29, 1.82) is 0 Å². The minimum atomic E-state index is -0.738. The lowest BCUT2D eigenvalue weighted by atomic mass is 9.73. The second kappa shape index (κ2) is 6.33. The molecule has 1 saturated heterocycles. The first-order valence-electron chi connectivity index (χ1n) is 9.27. The van der Waals surface area contributed by atoms with Gasteiger partial charge in [-0.2, -0.15) is 4.98 Å². The molecule has 1 fully saturated rings. The van der Waals surface area contributed by atoms with Gasteiger partial charge in [-0.3, -0.25) is 9.59 Å². The van der Waals surface area contributed by atoms with Crippen LogP contribution in [0, 0.1) is 6.92 Å². The molecular weight excluding hydrogens is 344 g/mol. The Morgan fingerprint density at radius 1 is 1.33 bits per heavy atom. The lowest BCUT2D eigenvalue weighted by molar-refractivity contribution is -0.121. The van der Waals surface area contributed by atoms with E-state index in [4.69, 9.17) is 0 Å². The van der Waals surface area contributed by atoms with E-state index in [0.29, 0.717) is 25.1 Å². The van der Waals surface area contributed by atoms with Gasteiger partial charge in [0, 0.05) is 17.9 Å². The number of hydrogen-bond donors (Lipinski definition) is 2. The van der Waals surface area contributed by atoms with Gasteiger partial charge in [-0.15, -0.1) is 0 Å². The third-order valence-electron chi connectivity index (χ3n) is 5.67. The zero-order chi connectivity index (χ0) is 19.2. The van der Waals surface area contributed by atoms with Gasteiger partial charge in [0.2, 0.25) is 5.91 Å². The van der Waals surface area contributed by atoms with E-state index in [1.807, 2.05) is 31.2 Å². The molecule has 0 unspecified atom stereocenters. The zero-order valence-electron chi connectivity index (χ0n) is 15.4. The molecule has 2 aliphatic rings. The summed E-state index contributed by atoms with van der Waals surface area (Å²) in [6, 6.07) is 9.01. The largest absolute Gasteiger partial charge is 0.345 e. The van der Waals surface area contributed by atoms with Gasteiger partial charge in [-0.05, 0) is 37.5 Å². The predicted molar refractivity (Wildman–Crippen MR) is 101 cm³/mol. The van der Waals surface area contributed by atoms with Gasteiger partial charge in [0.25, 0.3) is 5.91 Å². The highest BCUT2D eigenvalue weighted by atomic mass is 16.2. The number of likely N-dealkylation sites (tertiary alicyclic amines) is 1. The van der Waals surface area contributed by atoms with Crippen LogP contribution in [0.1, 0.15) is 47.9 Å². The van der Waals surface area contributed by atoms with E-state index in [0.717, 1.165) is 17.7 Å². The number of benzene rings is 1. The number of para-hydroxylation sites is 1. The molecule has 1 spiro atoms. The lowest BCUT2D eigenvalue weighted by Crippen LogP contribution is -2.49. The topological polar surface area (TPSA) is 95.2 Å². The van der Waals surface area contributed by atoms with E-state index < -0.39 is 11.1 Å². The number of aromatic nitrogens is 2. The number of aromatic amines is 1. The molecule has 0 radical (unpaired) electrons. The molecule has 0 saturated carbocycles. The Morgan fingerprint density at radius 3 is 2.85 bits per heavy atom. The first-order valence-corrected chi connectivity index (χ1v) is 9.27. The van der Waals surface area contributed by atoms with Gasteiger partial charge in [0.05, 0.1) is 11.5 Å². The molecule has 2 aromatic rings.